The van der Waals surface area contributed by atoms with Gasteiger partial charge in [-0.25, -0.2) is 14.6 Å². The number of amides is 2. The lowest BCUT2D eigenvalue weighted by Gasteiger charge is -2.39. The number of rotatable bonds is 2. The molecule has 0 bridgehead atoms. The number of hydrogen-bond donors (Lipinski definition) is 2. The van der Waals surface area contributed by atoms with Crippen LogP contribution in [0.15, 0.2) is 0 Å². The zero-order valence-electron chi connectivity index (χ0n) is 11.3. The second-order valence-corrected chi connectivity index (χ2v) is 6.28. The maximum absolute atomic E-state index is 12.2. The Labute approximate surface area is 117 Å². The van der Waals surface area contributed by atoms with E-state index in [1.165, 1.54) is 23.1 Å². The largest absolute Gasteiger partial charge is 0.480 e. The van der Waals surface area contributed by atoms with Gasteiger partial charge in [-0.05, 0) is 26.7 Å². The van der Waals surface area contributed by atoms with E-state index < -0.39 is 12.0 Å². The van der Waals surface area contributed by atoms with Crippen LogP contribution in [0.1, 0.15) is 33.1 Å². The summed E-state index contributed by atoms with van der Waals surface area (Å²) < 4.78 is 0. The second-order valence-electron chi connectivity index (χ2n) is 5.28. The second kappa shape index (κ2) is 6.00. The summed E-state index contributed by atoms with van der Waals surface area (Å²) in [5.41, 5.74) is 2.89. The summed E-state index contributed by atoms with van der Waals surface area (Å²) in [7, 11) is 0. The van der Waals surface area contributed by atoms with Gasteiger partial charge in [0.05, 0.1) is 5.88 Å². The van der Waals surface area contributed by atoms with Crippen LogP contribution in [0.5, 0.6) is 0 Å². The number of carbonyl (C=O) groups is 2. The van der Waals surface area contributed by atoms with Crippen LogP contribution in [-0.2, 0) is 4.79 Å². The Morgan fingerprint density at radius 2 is 1.89 bits per heavy atom. The Hall–Kier alpha value is -0.950. The summed E-state index contributed by atoms with van der Waals surface area (Å²) in [6.07, 6.45) is 3.29. The molecule has 2 saturated heterocycles. The average molecular weight is 287 g/mol. The maximum atomic E-state index is 12.2. The van der Waals surface area contributed by atoms with Crippen molar-refractivity contribution in [2.75, 3.05) is 11.6 Å². The van der Waals surface area contributed by atoms with Crippen molar-refractivity contribution in [3.8, 4) is 0 Å². The first-order valence-corrected chi connectivity index (χ1v) is 7.82. The molecule has 2 rings (SSSR count). The zero-order chi connectivity index (χ0) is 14.0. The minimum Gasteiger partial charge on any atom is -0.480 e. The molecule has 0 spiro atoms. The molecule has 6 nitrogen and oxygen atoms in total. The third kappa shape index (κ3) is 3.14. The van der Waals surface area contributed by atoms with Crippen LogP contribution in [0.4, 0.5) is 4.79 Å². The Bertz CT molecular complexity index is 356. The Balaban J connectivity index is 1.98. The summed E-state index contributed by atoms with van der Waals surface area (Å²) >= 11 is 1.48. The smallest absolute Gasteiger partial charge is 0.333 e. The summed E-state index contributed by atoms with van der Waals surface area (Å²) in [5, 5.41) is 11.1. The number of thioether (sulfide) groups is 1. The molecule has 0 saturated carbocycles. The molecule has 0 aromatic rings. The van der Waals surface area contributed by atoms with E-state index in [1.807, 2.05) is 5.01 Å². The van der Waals surface area contributed by atoms with Gasteiger partial charge in [-0.3, -0.25) is 10.3 Å². The van der Waals surface area contributed by atoms with Crippen LogP contribution in [0, 0.1) is 0 Å². The normalized spacial score (nSPS) is 32.3. The molecule has 0 radical (unpaired) electrons. The van der Waals surface area contributed by atoms with Crippen LogP contribution in [0.25, 0.3) is 0 Å². The molecule has 0 aromatic carbocycles. The molecule has 3 atom stereocenters. The van der Waals surface area contributed by atoms with Crippen LogP contribution in [0.3, 0.4) is 0 Å². The molecular weight excluding hydrogens is 266 g/mol. The van der Waals surface area contributed by atoms with Crippen molar-refractivity contribution in [2.24, 2.45) is 0 Å². The van der Waals surface area contributed by atoms with Crippen molar-refractivity contribution in [1.82, 2.24) is 15.3 Å². The van der Waals surface area contributed by atoms with Crippen LogP contribution < -0.4 is 5.43 Å². The molecule has 2 heterocycles. The number of hydrogen-bond acceptors (Lipinski definition) is 4. The van der Waals surface area contributed by atoms with E-state index in [9.17, 15) is 9.59 Å². The van der Waals surface area contributed by atoms with Crippen LogP contribution >= 0.6 is 11.8 Å². The number of hydrazine groups is 1. The zero-order valence-corrected chi connectivity index (χ0v) is 12.2. The summed E-state index contributed by atoms with van der Waals surface area (Å²) in [6, 6.07) is -0.407. The molecule has 3 unspecified atom stereocenters. The average Bonchev–Trinajstić information content (AvgIpc) is 2.83. The van der Waals surface area contributed by atoms with Gasteiger partial charge in [0.25, 0.3) is 0 Å². The van der Waals surface area contributed by atoms with Crippen molar-refractivity contribution < 1.29 is 14.7 Å². The number of carboxylic acids is 1. The molecule has 7 heteroatoms. The molecule has 19 heavy (non-hydrogen) atoms. The number of aliphatic carboxylic acids is 1. The molecule has 2 fully saturated rings. The van der Waals surface area contributed by atoms with E-state index in [4.69, 9.17) is 5.11 Å². The summed E-state index contributed by atoms with van der Waals surface area (Å²) in [5.74, 6) is -0.0207. The highest BCUT2D eigenvalue weighted by molar-refractivity contribution is 7.99. The third-order valence-corrected chi connectivity index (χ3v) is 4.86. The highest BCUT2D eigenvalue weighted by Gasteiger charge is 2.36. The fourth-order valence-corrected chi connectivity index (χ4v) is 3.81. The molecule has 2 N–H and O–H groups in total. The van der Waals surface area contributed by atoms with Gasteiger partial charge in [0, 0.05) is 17.8 Å². The first kappa shape index (κ1) is 14.5. The summed E-state index contributed by atoms with van der Waals surface area (Å²) in [4.78, 5) is 24.7. The Kier molecular flexibility index (Phi) is 4.57. The van der Waals surface area contributed by atoms with Crippen LogP contribution in [0.2, 0.25) is 0 Å². The number of urea groups is 1. The third-order valence-electron chi connectivity index (χ3n) is 3.85. The molecular formula is C12H21N3O3S. The van der Waals surface area contributed by atoms with Crippen molar-refractivity contribution in [3.05, 3.63) is 0 Å². The van der Waals surface area contributed by atoms with Gasteiger partial charge in [-0.15, -0.1) is 11.8 Å². The fraction of sp³-hybridized carbons (Fsp3) is 0.833. The first-order valence-electron chi connectivity index (χ1n) is 6.67. The molecule has 0 aromatic heterocycles. The van der Waals surface area contributed by atoms with Crippen LogP contribution in [-0.4, -0.2) is 56.8 Å². The van der Waals surface area contributed by atoms with E-state index in [0.29, 0.717) is 23.7 Å². The fourth-order valence-electron chi connectivity index (χ4n) is 2.66. The van der Waals surface area contributed by atoms with E-state index in [1.54, 1.807) is 0 Å². The lowest BCUT2D eigenvalue weighted by atomic mass is 10.00. The molecule has 2 aliphatic rings. The molecule has 2 aliphatic heterocycles. The predicted molar refractivity (Wildman–Crippen MR) is 73.7 cm³/mol. The molecule has 0 aliphatic carbocycles. The van der Waals surface area contributed by atoms with E-state index in [-0.39, 0.29) is 6.03 Å². The number of carbonyl (C=O) groups excluding carboxylic acids is 1. The lowest BCUT2D eigenvalue weighted by Crippen LogP contribution is -2.58. The number of piperidine rings is 1. The number of carboxylic acid groups (broad SMARTS) is 1. The topological polar surface area (TPSA) is 72.9 Å². The van der Waals surface area contributed by atoms with Gasteiger partial charge in [-0.1, -0.05) is 6.42 Å². The van der Waals surface area contributed by atoms with Gasteiger partial charge < -0.3 is 5.11 Å². The van der Waals surface area contributed by atoms with Crippen molar-refractivity contribution in [2.45, 2.75) is 51.2 Å². The standard InChI is InChI=1S/C12H21N3O3S/c1-8-4-3-5-9(2)15(8)13-12(18)14-7-19-6-10(14)11(16)17/h8-10H,3-7H2,1-2H3,(H,13,18)(H,16,17). The minimum absolute atomic E-state index is 0.294. The van der Waals surface area contributed by atoms with E-state index >= 15 is 0 Å². The maximum Gasteiger partial charge on any atom is 0.333 e. The van der Waals surface area contributed by atoms with Gasteiger partial charge >= 0.3 is 12.0 Å². The lowest BCUT2D eigenvalue weighted by molar-refractivity contribution is -0.140. The number of nitrogens with zero attached hydrogens (tertiary/aromatic N) is 2. The van der Waals surface area contributed by atoms with Crippen molar-refractivity contribution in [3.63, 3.8) is 0 Å². The van der Waals surface area contributed by atoms with Gasteiger partial charge in [0.1, 0.15) is 6.04 Å². The summed E-state index contributed by atoms with van der Waals surface area (Å²) in [6.45, 7) is 4.17. The van der Waals surface area contributed by atoms with Crippen molar-refractivity contribution in [1.29, 1.82) is 0 Å². The highest BCUT2D eigenvalue weighted by atomic mass is 32.2. The highest BCUT2D eigenvalue weighted by Crippen LogP contribution is 2.23. The predicted octanol–water partition coefficient (Wildman–Crippen LogP) is 1.33. The Morgan fingerprint density at radius 1 is 1.26 bits per heavy atom. The first-order chi connectivity index (χ1) is 9.00. The van der Waals surface area contributed by atoms with E-state index in [2.05, 4.69) is 19.3 Å². The van der Waals surface area contributed by atoms with Gasteiger partial charge in [0.2, 0.25) is 0 Å². The monoisotopic (exact) mass is 287 g/mol. The van der Waals surface area contributed by atoms with Gasteiger partial charge in [0.15, 0.2) is 0 Å². The quantitative estimate of drug-likeness (QED) is 0.801. The van der Waals surface area contributed by atoms with Crippen molar-refractivity contribution >= 4 is 23.8 Å². The van der Waals surface area contributed by atoms with E-state index in [0.717, 1.165) is 12.8 Å². The molecule has 108 valence electrons. The number of nitrogens with one attached hydrogen (secondary N) is 1. The Morgan fingerprint density at radius 3 is 2.47 bits per heavy atom. The minimum atomic E-state index is -0.931. The molecule has 2 amide bonds. The SMILES string of the molecule is CC1CCCC(C)N1NC(=O)N1CSCC1C(=O)O. The van der Waals surface area contributed by atoms with Gasteiger partial charge in [-0.2, -0.15) is 0 Å².